The number of carbonyl (C=O) groups excluding carboxylic acids is 1. The molecule has 0 radical (unpaired) electrons. The molecule has 0 aromatic carbocycles. The van der Waals surface area contributed by atoms with Gasteiger partial charge in [0.05, 0.1) is 5.69 Å². The van der Waals surface area contributed by atoms with Crippen LogP contribution in [0.1, 0.15) is 49.4 Å². The van der Waals surface area contributed by atoms with Crippen LogP contribution in [-0.4, -0.2) is 38.7 Å². The molecule has 3 heterocycles. The Bertz CT molecular complexity index is 723. The number of fused-ring (bicyclic) bond motifs is 1. The van der Waals surface area contributed by atoms with E-state index < -0.39 is 0 Å². The molecule has 26 heavy (non-hydrogen) atoms. The lowest BCUT2D eigenvalue weighted by Gasteiger charge is -2.36. The van der Waals surface area contributed by atoms with Crippen molar-refractivity contribution in [2.24, 2.45) is 5.92 Å². The zero-order chi connectivity index (χ0) is 17.8. The maximum absolute atomic E-state index is 12.9. The molecule has 4 rings (SSSR count). The first-order valence-electron chi connectivity index (χ1n) is 9.71. The number of amides is 1. The lowest BCUT2D eigenvalue weighted by Crippen LogP contribution is -2.46. The van der Waals surface area contributed by atoms with E-state index in [-0.39, 0.29) is 11.9 Å². The molecule has 2 aromatic heterocycles. The number of hydrogen-bond donors (Lipinski definition) is 1. The second-order valence-corrected chi connectivity index (χ2v) is 7.56. The third-order valence-corrected chi connectivity index (χ3v) is 5.60. The van der Waals surface area contributed by atoms with Crippen molar-refractivity contribution in [3.05, 3.63) is 48.0 Å². The van der Waals surface area contributed by atoms with Crippen LogP contribution < -0.4 is 5.32 Å². The maximum Gasteiger partial charge on any atom is 0.246 e. The van der Waals surface area contributed by atoms with E-state index in [1.165, 1.54) is 32.1 Å². The number of nitrogens with zero attached hydrogens (tertiary/aromatic N) is 4. The summed E-state index contributed by atoms with van der Waals surface area (Å²) in [7, 11) is 0. The fourth-order valence-corrected chi connectivity index (χ4v) is 4.24. The van der Waals surface area contributed by atoms with E-state index in [1.807, 2.05) is 22.9 Å². The standard InChI is InChI=1S/C20H27N5O/c26-20(22-12-17-7-4-9-21-11-17)19-15-24(13-16-5-2-1-3-6-16)14-18-8-10-23-25(18)19/h4,7-11,16,19H,1-3,5-6,12-15H2,(H,22,26)/t19-/m0/s1. The van der Waals surface area contributed by atoms with Crippen molar-refractivity contribution in [2.45, 2.75) is 51.2 Å². The number of pyridine rings is 1. The summed E-state index contributed by atoms with van der Waals surface area (Å²) in [5.41, 5.74) is 2.14. The van der Waals surface area contributed by atoms with Crippen LogP contribution in [0.2, 0.25) is 0 Å². The summed E-state index contributed by atoms with van der Waals surface area (Å²) in [6.07, 6.45) is 12.1. The second-order valence-electron chi connectivity index (χ2n) is 7.56. The number of carbonyl (C=O) groups is 1. The Hall–Kier alpha value is -2.21. The van der Waals surface area contributed by atoms with Gasteiger partial charge in [-0.3, -0.25) is 19.4 Å². The Kier molecular flexibility index (Phi) is 5.29. The minimum absolute atomic E-state index is 0.0344. The monoisotopic (exact) mass is 353 g/mol. The van der Waals surface area contributed by atoms with Crippen molar-refractivity contribution < 1.29 is 4.79 Å². The molecule has 1 N–H and O–H groups in total. The van der Waals surface area contributed by atoms with Crippen molar-refractivity contribution in [3.8, 4) is 0 Å². The molecule has 138 valence electrons. The average molecular weight is 353 g/mol. The molecule has 1 fully saturated rings. The summed E-state index contributed by atoms with van der Waals surface area (Å²) in [6.45, 7) is 3.23. The molecular formula is C20H27N5O. The van der Waals surface area contributed by atoms with E-state index in [4.69, 9.17) is 0 Å². The zero-order valence-electron chi connectivity index (χ0n) is 15.2. The lowest BCUT2D eigenvalue weighted by atomic mass is 9.88. The van der Waals surface area contributed by atoms with Crippen molar-refractivity contribution in [1.82, 2.24) is 25.0 Å². The highest BCUT2D eigenvalue weighted by molar-refractivity contribution is 5.80. The first-order valence-corrected chi connectivity index (χ1v) is 9.71. The quantitative estimate of drug-likeness (QED) is 0.897. The highest BCUT2D eigenvalue weighted by Crippen LogP contribution is 2.27. The van der Waals surface area contributed by atoms with Gasteiger partial charge in [0.25, 0.3) is 0 Å². The normalized spacial score (nSPS) is 21.3. The van der Waals surface area contributed by atoms with Crippen LogP contribution in [0.25, 0.3) is 0 Å². The fraction of sp³-hybridized carbons (Fsp3) is 0.550. The van der Waals surface area contributed by atoms with Crippen LogP contribution in [0, 0.1) is 5.92 Å². The van der Waals surface area contributed by atoms with Crippen LogP contribution in [0.4, 0.5) is 0 Å². The van der Waals surface area contributed by atoms with Crippen molar-refractivity contribution in [1.29, 1.82) is 0 Å². The summed E-state index contributed by atoms with van der Waals surface area (Å²) < 4.78 is 1.90. The van der Waals surface area contributed by atoms with Gasteiger partial charge in [-0.05, 0) is 36.5 Å². The minimum atomic E-state index is -0.256. The van der Waals surface area contributed by atoms with Crippen LogP contribution in [0.5, 0.6) is 0 Å². The largest absolute Gasteiger partial charge is 0.350 e. The number of rotatable bonds is 5. The van der Waals surface area contributed by atoms with Crippen LogP contribution in [0.15, 0.2) is 36.8 Å². The molecule has 2 aromatic rings. The average Bonchev–Trinajstić information content (AvgIpc) is 3.15. The van der Waals surface area contributed by atoms with Gasteiger partial charge in [0.1, 0.15) is 6.04 Å². The smallest absolute Gasteiger partial charge is 0.246 e. The Labute approximate surface area is 154 Å². The van der Waals surface area contributed by atoms with E-state index in [0.29, 0.717) is 6.54 Å². The first kappa shape index (κ1) is 17.2. The highest BCUT2D eigenvalue weighted by Gasteiger charge is 2.31. The molecule has 6 heteroatoms. The molecule has 1 saturated carbocycles. The van der Waals surface area contributed by atoms with Gasteiger partial charge in [0.15, 0.2) is 0 Å². The van der Waals surface area contributed by atoms with Crippen molar-refractivity contribution in [2.75, 3.05) is 13.1 Å². The molecule has 2 aliphatic rings. The van der Waals surface area contributed by atoms with Gasteiger partial charge in [-0.2, -0.15) is 5.10 Å². The number of nitrogens with one attached hydrogen (secondary N) is 1. The summed E-state index contributed by atoms with van der Waals surface area (Å²) >= 11 is 0. The van der Waals surface area contributed by atoms with E-state index in [0.717, 1.165) is 36.8 Å². The van der Waals surface area contributed by atoms with E-state index in [1.54, 1.807) is 18.6 Å². The minimum Gasteiger partial charge on any atom is -0.350 e. The second kappa shape index (κ2) is 7.99. The molecule has 0 unspecified atom stereocenters. The summed E-state index contributed by atoms with van der Waals surface area (Å²) in [6, 6.07) is 5.64. The Balaban J connectivity index is 1.41. The highest BCUT2D eigenvalue weighted by atomic mass is 16.2. The van der Waals surface area contributed by atoms with E-state index in [2.05, 4.69) is 20.3 Å². The third-order valence-electron chi connectivity index (χ3n) is 5.60. The first-order chi connectivity index (χ1) is 12.8. The van der Waals surface area contributed by atoms with Gasteiger partial charge >= 0.3 is 0 Å². The van der Waals surface area contributed by atoms with Crippen molar-refractivity contribution in [3.63, 3.8) is 0 Å². The van der Waals surface area contributed by atoms with Gasteiger partial charge in [-0.25, -0.2) is 0 Å². The molecule has 1 aliphatic heterocycles. The Morgan fingerprint density at radius 1 is 1.19 bits per heavy atom. The van der Waals surface area contributed by atoms with Crippen LogP contribution in [-0.2, 0) is 17.9 Å². The van der Waals surface area contributed by atoms with Crippen LogP contribution >= 0.6 is 0 Å². The third kappa shape index (κ3) is 3.96. The van der Waals surface area contributed by atoms with Crippen LogP contribution in [0.3, 0.4) is 0 Å². The van der Waals surface area contributed by atoms with Gasteiger partial charge < -0.3 is 5.32 Å². The van der Waals surface area contributed by atoms with Gasteiger partial charge in [0, 0.05) is 44.8 Å². The number of aromatic nitrogens is 3. The topological polar surface area (TPSA) is 63.1 Å². The van der Waals surface area contributed by atoms with E-state index in [9.17, 15) is 4.79 Å². The molecule has 0 bridgehead atoms. The predicted molar refractivity (Wildman–Crippen MR) is 99.2 cm³/mol. The Morgan fingerprint density at radius 3 is 2.88 bits per heavy atom. The number of hydrogen-bond acceptors (Lipinski definition) is 4. The predicted octanol–water partition coefficient (Wildman–Crippen LogP) is 2.53. The summed E-state index contributed by atoms with van der Waals surface area (Å²) in [4.78, 5) is 19.4. The summed E-state index contributed by atoms with van der Waals surface area (Å²) in [5.74, 6) is 0.810. The van der Waals surface area contributed by atoms with Crippen molar-refractivity contribution >= 4 is 5.91 Å². The molecule has 0 saturated heterocycles. The molecule has 1 amide bonds. The lowest BCUT2D eigenvalue weighted by molar-refractivity contribution is -0.126. The zero-order valence-corrected chi connectivity index (χ0v) is 15.2. The van der Waals surface area contributed by atoms with Gasteiger partial charge in [-0.15, -0.1) is 0 Å². The molecular weight excluding hydrogens is 326 g/mol. The summed E-state index contributed by atoms with van der Waals surface area (Å²) in [5, 5.41) is 7.47. The van der Waals surface area contributed by atoms with Gasteiger partial charge in [-0.1, -0.05) is 25.3 Å². The van der Waals surface area contributed by atoms with Gasteiger partial charge in [0.2, 0.25) is 5.91 Å². The molecule has 6 nitrogen and oxygen atoms in total. The molecule has 0 spiro atoms. The Morgan fingerprint density at radius 2 is 2.08 bits per heavy atom. The van der Waals surface area contributed by atoms with E-state index >= 15 is 0 Å². The fourth-order valence-electron chi connectivity index (χ4n) is 4.24. The maximum atomic E-state index is 12.9. The molecule has 1 atom stereocenters. The molecule has 1 aliphatic carbocycles. The SMILES string of the molecule is O=C(NCc1cccnc1)[C@@H]1CN(CC2CCCCC2)Cc2ccnn21.